The van der Waals surface area contributed by atoms with Crippen molar-refractivity contribution in [3.8, 4) is 0 Å². The standard InChI is InChI=1S/C15H28O5P2/c1-13(2)8-7-10-14(3)9-5-4-6-11-15(21(17)12-16)22(18,19)20/h8-9,12,15,18-20H,4-7,10-11H2,1-3H3/q+2. The van der Waals surface area contributed by atoms with Gasteiger partial charge in [-0.3, -0.25) is 0 Å². The summed E-state index contributed by atoms with van der Waals surface area (Å²) >= 11 is 0. The van der Waals surface area contributed by atoms with Gasteiger partial charge >= 0.3 is 27.2 Å². The highest BCUT2D eigenvalue weighted by molar-refractivity contribution is 7.77. The predicted octanol–water partition coefficient (Wildman–Crippen LogP) is 4.32. The Morgan fingerprint density at radius 3 is 2.23 bits per heavy atom. The maximum absolute atomic E-state index is 11.4. The molecule has 22 heavy (non-hydrogen) atoms. The van der Waals surface area contributed by atoms with Crippen LogP contribution in [0.2, 0.25) is 0 Å². The van der Waals surface area contributed by atoms with Crippen molar-refractivity contribution in [1.29, 1.82) is 0 Å². The summed E-state index contributed by atoms with van der Waals surface area (Å²) in [6, 6.07) is 0.185. The minimum atomic E-state index is -4.23. The van der Waals surface area contributed by atoms with Crippen LogP contribution < -0.4 is 0 Å². The van der Waals surface area contributed by atoms with Crippen molar-refractivity contribution >= 4 is 21.8 Å². The number of rotatable bonds is 11. The van der Waals surface area contributed by atoms with Crippen molar-refractivity contribution in [3.05, 3.63) is 23.3 Å². The number of allylic oxidation sites excluding steroid dienone is 4. The predicted molar refractivity (Wildman–Crippen MR) is 92.6 cm³/mol. The molecule has 0 saturated carbocycles. The fourth-order valence-electron chi connectivity index (χ4n) is 2.03. The van der Waals surface area contributed by atoms with Gasteiger partial charge in [0.25, 0.3) is 0 Å². The van der Waals surface area contributed by atoms with Gasteiger partial charge in [0.1, 0.15) is 0 Å². The smallest absolute Gasteiger partial charge is 0.244 e. The van der Waals surface area contributed by atoms with Crippen LogP contribution in [0.5, 0.6) is 0 Å². The molecule has 0 aliphatic carbocycles. The topological polar surface area (TPSA) is 94.8 Å². The van der Waals surface area contributed by atoms with Gasteiger partial charge in [-0.25, -0.2) is 4.79 Å². The SMILES string of the molecule is CC(C)=CCCC(C)=CCCCCC([P+](=O)C=O)[P+](O)(O)O. The zero-order chi connectivity index (χ0) is 17.2. The summed E-state index contributed by atoms with van der Waals surface area (Å²) < 4.78 is 11.4. The van der Waals surface area contributed by atoms with Crippen molar-refractivity contribution in [3.63, 3.8) is 0 Å². The summed E-state index contributed by atoms with van der Waals surface area (Å²) in [6.45, 7) is 6.23. The summed E-state index contributed by atoms with van der Waals surface area (Å²) in [7, 11) is -6.66. The van der Waals surface area contributed by atoms with Crippen LogP contribution in [0.15, 0.2) is 23.3 Å². The zero-order valence-corrected chi connectivity index (χ0v) is 15.4. The molecule has 126 valence electrons. The third kappa shape index (κ3) is 10.3. The van der Waals surface area contributed by atoms with Crippen LogP contribution in [0, 0.1) is 0 Å². The first-order valence-electron chi connectivity index (χ1n) is 7.45. The zero-order valence-electron chi connectivity index (χ0n) is 13.6. The molecule has 0 aromatic carbocycles. The highest BCUT2D eigenvalue weighted by atomic mass is 31.2. The minimum absolute atomic E-state index is 0.176. The molecule has 0 aromatic heterocycles. The number of hydrogen-bond acceptors (Lipinski definition) is 5. The van der Waals surface area contributed by atoms with Crippen molar-refractivity contribution in [2.45, 2.75) is 64.7 Å². The lowest BCUT2D eigenvalue weighted by molar-refractivity contribution is 0.323. The Bertz CT molecular complexity index is 420. The van der Waals surface area contributed by atoms with Gasteiger partial charge in [-0.15, -0.1) is 0 Å². The number of unbranched alkanes of at least 4 members (excludes halogenated alkanes) is 2. The molecule has 7 heteroatoms. The van der Waals surface area contributed by atoms with E-state index >= 15 is 0 Å². The fourth-order valence-corrected chi connectivity index (χ4v) is 4.53. The maximum atomic E-state index is 11.4. The Kier molecular flexibility index (Phi) is 10.9. The van der Waals surface area contributed by atoms with Gasteiger partial charge in [-0.05, 0) is 52.9 Å². The van der Waals surface area contributed by atoms with Gasteiger partial charge in [0.05, 0.1) is 0 Å². The first kappa shape index (κ1) is 21.6. The van der Waals surface area contributed by atoms with E-state index in [2.05, 4.69) is 32.9 Å². The summed E-state index contributed by atoms with van der Waals surface area (Å²) in [5, 5.41) is -1.22. The van der Waals surface area contributed by atoms with E-state index < -0.39 is 21.1 Å². The molecule has 0 saturated heterocycles. The lowest BCUT2D eigenvalue weighted by atomic mass is 10.1. The average Bonchev–Trinajstić information content (AvgIpc) is 2.40. The normalized spacial score (nSPS) is 14.5. The second kappa shape index (κ2) is 11.2. The van der Waals surface area contributed by atoms with Crippen LogP contribution in [0.4, 0.5) is 0 Å². The molecule has 2 atom stereocenters. The van der Waals surface area contributed by atoms with E-state index in [1.165, 1.54) is 11.1 Å². The summed E-state index contributed by atoms with van der Waals surface area (Å²) in [5.74, 6) is 0. The number of carbonyl (C=O) groups is 1. The molecular formula is C15H28O5P2+2. The van der Waals surface area contributed by atoms with Crippen LogP contribution in [-0.4, -0.2) is 26.1 Å². The highest BCUT2D eigenvalue weighted by Gasteiger charge is 2.56. The van der Waals surface area contributed by atoms with Gasteiger partial charge in [-0.1, -0.05) is 27.9 Å². The molecular weight excluding hydrogens is 322 g/mol. The van der Waals surface area contributed by atoms with Crippen LogP contribution in [0.25, 0.3) is 0 Å². The lowest BCUT2D eigenvalue weighted by Gasteiger charge is -2.07. The molecule has 3 N–H and O–H groups in total. The quantitative estimate of drug-likeness (QED) is 0.223. The molecule has 0 aliphatic rings. The first-order valence-corrected chi connectivity index (χ1v) is 10.6. The van der Waals surface area contributed by atoms with E-state index in [0.29, 0.717) is 6.42 Å². The Morgan fingerprint density at radius 2 is 1.73 bits per heavy atom. The lowest BCUT2D eigenvalue weighted by Crippen LogP contribution is -2.09. The number of hydrogen-bond donors (Lipinski definition) is 3. The van der Waals surface area contributed by atoms with Gasteiger partial charge in [0.15, 0.2) is 0 Å². The highest BCUT2D eigenvalue weighted by Crippen LogP contribution is 2.60. The van der Waals surface area contributed by atoms with E-state index in [1.807, 2.05) is 0 Å². The van der Waals surface area contributed by atoms with Gasteiger partial charge in [0.2, 0.25) is 0 Å². The van der Waals surface area contributed by atoms with Crippen LogP contribution in [0.3, 0.4) is 0 Å². The van der Waals surface area contributed by atoms with Crippen LogP contribution >= 0.6 is 15.7 Å². The van der Waals surface area contributed by atoms with Crippen molar-refractivity contribution in [1.82, 2.24) is 0 Å². The number of carbonyl (C=O) groups excluding carboxylic acids is 1. The molecule has 0 aromatic rings. The van der Waals surface area contributed by atoms with E-state index in [1.54, 1.807) is 0 Å². The van der Waals surface area contributed by atoms with E-state index in [0.717, 1.165) is 25.7 Å². The minimum Gasteiger partial charge on any atom is -0.244 e. The Hall–Kier alpha value is -0.440. The second-order valence-electron chi connectivity index (χ2n) is 5.72. The molecule has 0 amide bonds. The molecule has 0 heterocycles. The third-order valence-electron chi connectivity index (χ3n) is 3.30. The molecule has 0 bridgehead atoms. The van der Waals surface area contributed by atoms with Gasteiger partial charge < -0.3 is 0 Å². The first-order chi connectivity index (χ1) is 10.2. The van der Waals surface area contributed by atoms with E-state index in [4.69, 9.17) is 0 Å². The summed E-state index contributed by atoms with van der Waals surface area (Å²) in [4.78, 5) is 38.2. The molecule has 2 unspecified atom stereocenters. The molecule has 0 fully saturated rings. The monoisotopic (exact) mass is 350 g/mol. The van der Waals surface area contributed by atoms with Crippen LogP contribution in [0.1, 0.15) is 59.3 Å². The average molecular weight is 350 g/mol. The van der Waals surface area contributed by atoms with Crippen LogP contribution in [-0.2, 0) is 9.36 Å². The molecule has 0 spiro atoms. The summed E-state index contributed by atoms with van der Waals surface area (Å²) in [5.41, 5.74) is 2.62. The second-order valence-corrected chi connectivity index (χ2v) is 9.53. The fraction of sp³-hybridized carbons (Fsp3) is 0.667. The van der Waals surface area contributed by atoms with E-state index in [9.17, 15) is 24.0 Å². The largest absolute Gasteiger partial charge is 0.462 e. The van der Waals surface area contributed by atoms with Crippen molar-refractivity contribution in [2.75, 3.05) is 0 Å². The summed E-state index contributed by atoms with van der Waals surface area (Å²) in [6.07, 6.45) is 8.79. The van der Waals surface area contributed by atoms with Crippen molar-refractivity contribution in [2.24, 2.45) is 0 Å². The Labute approximate surface area is 134 Å². The molecule has 5 nitrogen and oxygen atoms in total. The Morgan fingerprint density at radius 1 is 1.09 bits per heavy atom. The van der Waals surface area contributed by atoms with Gasteiger partial charge in [-0.2, -0.15) is 14.7 Å². The Balaban J connectivity index is 4.11. The molecule has 0 aliphatic heterocycles. The third-order valence-corrected chi connectivity index (χ3v) is 7.02. The molecule has 0 radical (unpaired) electrons. The van der Waals surface area contributed by atoms with E-state index in [-0.39, 0.29) is 12.4 Å². The van der Waals surface area contributed by atoms with Crippen molar-refractivity contribution < 1.29 is 24.0 Å². The van der Waals surface area contributed by atoms with Gasteiger partial charge in [0, 0.05) is 6.42 Å². The molecule has 0 rings (SSSR count). The maximum Gasteiger partial charge on any atom is 0.462 e.